The number of hydroxylamine groups is 1. The van der Waals surface area contributed by atoms with Crippen LogP contribution in [0.15, 0.2) is 12.1 Å². The van der Waals surface area contributed by atoms with Crippen molar-refractivity contribution in [1.82, 2.24) is 5.48 Å². The van der Waals surface area contributed by atoms with Crippen LogP contribution in [0.5, 0.6) is 17.2 Å². The van der Waals surface area contributed by atoms with E-state index in [9.17, 15) is 9.59 Å². The van der Waals surface area contributed by atoms with Crippen molar-refractivity contribution in [2.75, 3.05) is 33.3 Å². The number of anilines is 1. The molecule has 0 aliphatic rings. The zero-order valence-corrected chi connectivity index (χ0v) is 11.8. The van der Waals surface area contributed by atoms with Gasteiger partial charge in [-0.25, -0.2) is 15.1 Å². The van der Waals surface area contributed by atoms with Gasteiger partial charge in [0.05, 0.1) is 27.0 Å². The average molecular weight is 300 g/mol. The Labute approximate surface area is 120 Å². The van der Waals surface area contributed by atoms with Crippen molar-refractivity contribution in [1.29, 1.82) is 0 Å². The topological polar surface area (TPSA) is 115 Å². The number of nitrogens with one attached hydrogen (secondary N) is 2. The van der Waals surface area contributed by atoms with Crippen LogP contribution in [0.2, 0.25) is 0 Å². The predicted molar refractivity (Wildman–Crippen MR) is 71.8 cm³/mol. The Hall–Kier alpha value is -2.68. The molecule has 0 saturated heterocycles. The third kappa shape index (κ3) is 4.73. The lowest BCUT2D eigenvalue weighted by Crippen LogP contribution is -2.30. The summed E-state index contributed by atoms with van der Waals surface area (Å²) >= 11 is 0. The molecule has 116 valence electrons. The number of ether oxygens (including phenoxy) is 3. The van der Waals surface area contributed by atoms with Gasteiger partial charge in [0, 0.05) is 12.1 Å². The molecule has 9 heteroatoms. The summed E-state index contributed by atoms with van der Waals surface area (Å²) in [5.41, 5.74) is 2.27. The highest BCUT2D eigenvalue weighted by molar-refractivity contribution is 5.89. The van der Waals surface area contributed by atoms with Gasteiger partial charge in [-0.15, -0.1) is 0 Å². The maximum Gasteiger partial charge on any atom is 0.343 e. The van der Waals surface area contributed by atoms with Crippen LogP contribution >= 0.6 is 0 Å². The number of hydrogen-bond acceptors (Lipinski definition) is 6. The fourth-order valence-corrected chi connectivity index (χ4v) is 1.47. The summed E-state index contributed by atoms with van der Waals surface area (Å²) in [7, 11) is 4.34. The lowest BCUT2D eigenvalue weighted by Gasteiger charge is -2.14. The smallest absolute Gasteiger partial charge is 0.343 e. The lowest BCUT2D eigenvalue weighted by atomic mass is 10.2. The van der Waals surface area contributed by atoms with Crippen LogP contribution in [0.3, 0.4) is 0 Å². The molecule has 0 unspecified atom stereocenters. The molecular weight excluding hydrogens is 284 g/mol. The number of benzene rings is 1. The van der Waals surface area contributed by atoms with Crippen LogP contribution in [-0.2, 0) is 9.63 Å². The molecule has 9 nitrogen and oxygen atoms in total. The van der Waals surface area contributed by atoms with Crippen molar-refractivity contribution >= 4 is 17.7 Å². The summed E-state index contributed by atoms with van der Waals surface area (Å²) in [6.07, 6.45) is 0. The van der Waals surface area contributed by atoms with Gasteiger partial charge in [-0.05, 0) is 0 Å². The zero-order valence-electron chi connectivity index (χ0n) is 11.8. The molecular formula is C12H16N2O7. The number of rotatable bonds is 7. The molecule has 0 radical (unpaired) electrons. The molecule has 1 rings (SSSR count). The Balaban J connectivity index is 2.79. The molecule has 0 fully saturated rings. The maximum atomic E-state index is 11.5. The Bertz CT molecular complexity index is 493. The summed E-state index contributed by atoms with van der Waals surface area (Å²) in [6.45, 7) is -0.650. The van der Waals surface area contributed by atoms with E-state index in [2.05, 4.69) is 10.2 Å². The van der Waals surface area contributed by atoms with E-state index in [0.29, 0.717) is 22.9 Å². The third-order valence-electron chi connectivity index (χ3n) is 2.28. The number of hydrogen-bond donors (Lipinski definition) is 3. The highest BCUT2D eigenvalue weighted by Gasteiger charge is 2.14. The van der Waals surface area contributed by atoms with Gasteiger partial charge >= 0.3 is 12.0 Å². The number of carbonyl (C=O) groups is 2. The minimum absolute atomic E-state index is 0.348. The Morgan fingerprint density at radius 3 is 2.10 bits per heavy atom. The van der Waals surface area contributed by atoms with Gasteiger partial charge in [-0.3, -0.25) is 4.84 Å². The van der Waals surface area contributed by atoms with E-state index < -0.39 is 18.6 Å². The van der Waals surface area contributed by atoms with E-state index in [1.54, 1.807) is 0 Å². The van der Waals surface area contributed by atoms with Gasteiger partial charge in [0.2, 0.25) is 5.75 Å². The van der Waals surface area contributed by atoms with Crippen molar-refractivity contribution in [2.24, 2.45) is 0 Å². The van der Waals surface area contributed by atoms with Crippen LogP contribution in [0.25, 0.3) is 0 Å². The third-order valence-corrected chi connectivity index (χ3v) is 2.28. The number of amides is 2. The summed E-state index contributed by atoms with van der Waals surface area (Å²) < 4.78 is 15.4. The Kier molecular flexibility index (Phi) is 6.08. The van der Waals surface area contributed by atoms with E-state index >= 15 is 0 Å². The fraction of sp³-hybridized carbons (Fsp3) is 0.333. The van der Waals surface area contributed by atoms with E-state index in [1.165, 1.54) is 33.5 Å². The van der Waals surface area contributed by atoms with Crippen molar-refractivity contribution in [2.45, 2.75) is 0 Å². The normalized spacial score (nSPS) is 9.67. The molecule has 3 N–H and O–H groups in total. The van der Waals surface area contributed by atoms with Crippen molar-refractivity contribution in [3.8, 4) is 17.2 Å². The van der Waals surface area contributed by atoms with Gasteiger partial charge in [0.1, 0.15) is 0 Å². The second kappa shape index (κ2) is 7.80. The minimum Gasteiger partial charge on any atom is -0.493 e. The fourth-order valence-electron chi connectivity index (χ4n) is 1.47. The molecule has 0 aliphatic carbocycles. The molecule has 0 atom stereocenters. The highest BCUT2D eigenvalue weighted by Crippen LogP contribution is 2.39. The van der Waals surface area contributed by atoms with Crippen molar-refractivity contribution < 1.29 is 33.7 Å². The molecule has 2 amide bonds. The van der Waals surface area contributed by atoms with Gasteiger partial charge in [-0.1, -0.05) is 0 Å². The number of carboxylic acids is 1. The first-order chi connectivity index (χ1) is 10.0. The maximum absolute atomic E-state index is 11.5. The van der Waals surface area contributed by atoms with Gasteiger partial charge in [0.25, 0.3) is 0 Å². The molecule has 0 heterocycles. The summed E-state index contributed by atoms with van der Waals surface area (Å²) in [5, 5.41) is 10.8. The monoisotopic (exact) mass is 300 g/mol. The first-order valence-electron chi connectivity index (χ1n) is 5.72. The van der Waals surface area contributed by atoms with Crippen molar-refractivity contribution in [3.63, 3.8) is 0 Å². The number of carboxylic acid groups (broad SMARTS) is 1. The molecule has 0 aromatic heterocycles. The first kappa shape index (κ1) is 16.4. The molecule has 1 aromatic rings. The summed E-state index contributed by atoms with van der Waals surface area (Å²) in [5.74, 6) is -0.103. The van der Waals surface area contributed by atoms with E-state index in [-0.39, 0.29) is 0 Å². The predicted octanol–water partition coefficient (Wildman–Crippen LogP) is 0.850. The van der Waals surface area contributed by atoms with E-state index in [1.807, 2.05) is 5.48 Å². The van der Waals surface area contributed by atoms with E-state index in [4.69, 9.17) is 19.3 Å². The van der Waals surface area contributed by atoms with Crippen molar-refractivity contribution in [3.05, 3.63) is 12.1 Å². The number of carbonyl (C=O) groups excluding carboxylic acids is 1. The Morgan fingerprint density at radius 2 is 1.67 bits per heavy atom. The standard InChI is InChI=1S/C12H16N2O7/c1-18-8-4-7(5-9(19-2)11(8)20-3)13-12(17)14-21-6-10(15)16/h4-5H,6H2,1-3H3,(H,15,16)(H2,13,14,17). The quantitative estimate of drug-likeness (QED) is 0.639. The van der Waals surface area contributed by atoms with Crippen LogP contribution in [0.1, 0.15) is 0 Å². The van der Waals surface area contributed by atoms with Gasteiger partial charge < -0.3 is 24.6 Å². The molecule has 0 saturated carbocycles. The summed E-state index contributed by atoms with van der Waals surface area (Å²) in [6, 6.07) is 2.28. The largest absolute Gasteiger partial charge is 0.493 e. The van der Waals surface area contributed by atoms with Crippen LogP contribution in [0, 0.1) is 0 Å². The van der Waals surface area contributed by atoms with Crippen LogP contribution in [0.4, 0.5) is 10.5 Å². The van der Waals surface area contributed by atoms with E-state index in [0.717, 1.165) is 0 Å². The lowest BCUT2D eigenvalue weighted by molar-refractivity contribution is -0.143. The first-order valence-corrected chi connectivity index (χ1v) is 5.72. The average Bonchev–Trinajstić information content (AvgIpc) is 2.45. The number of urea groups is 1. The van der Waals surface area contributed by atoms with Gasteiger partial charge in [-0.2, -0.15) is 0 Å². The van der Waals surface area contributed by atoms with Crippen LogP contribution in [-0.4, -0.2) is 45.0 Å². The minimum atomic E-state index is -1.21. The second-order valence-corrected chi connectivity index (χ2v) is 3.65. The molecule has 21 heavy (non-hydrogen) atoms. The Morgan fingerprint density at radius 1 is 1.10 bits per heavy atom. The summed E-state index contributed by atoms with van der Waals surface area (Å²) in [4.78, 5) is 26.2. The number of methoxy groups -OCH3 is 3. The second-order valence-electron chi connectivity index (χ2n) is 3.65. The van der Waals surface area contributed by atoms with Gasteiger partial charge in [0.15, 0.2) is 18.1 Å². The molecule has 0 spiro atoms. The molecule has 0 bridgehead atoms. The highest BCUT2D eigenvalue weighted by atomic mass is 16.7. The molecule has 1 aromatic carbocycles. The number of aliphatic carboxylic acids is 1. The van der Waals surface area contributed by atoms with Crippen LogP contribution < -0.4 is 25.0 Å². The zero-order chi connectivity index (χ0) is 15.8. The SMILES string of the molecule is COc1cc(NC(=O)NOCC(=O)O)cc(OC)c1OC. The molecule has 0 aliphatic heterocycles.